The smallest absolute Gasteiger partial charge is 0.422 e. The lowest BCUT2D eigenvalue weighted by molar-refractivity contribution is -0.197. The maximum Gasteiger partial charge on any atom is 0.422 e. The highest BCUT2D eigenvalue weighted by Gasteiger charge is 2.49. The maximum absolute atomic E-state index is 13.4. The lowest BCUT2D eigenvalue weighted by atomic mass is 9.74. The first-order chi connectivity index (χ1) is 18.7. The molecule has 0 amide bonds. The van der Waals surface area contributed by atoms with Crippen LogP contribution in [0, 0.1) is 17.3 Å². The highest BCUT2D eigenvalue weighted by molar-refractivity contribution is 5.82. The van der Waals surface area contributed by atoms with Gasteiger partial charge >= 0.3 is 54.7 Å². The summed E-state index contributed by atoms with van der Waals surface area (Å²) in [4.78, 5) is 49.2. The Morgan fingerprint density at radius 1 is 0.690 bits per heavy atom. The molecular formula is C23H29F11O8. The van der Waals surface area contributed by atoms with Gasteiger partial charge in [0, 0.05) is 19.8 Å². The molecule has 0 aromatic heterocycles. The van der Waals surface area contributed by atoms with E-state index in [2.05, 4.69) is 14.2 Å². The van der Waals surface area contributed by atoms with E-state index in [1.165, 1.54) is 0 Å². The average molecular weight is 642 g/mol. The molecule has 0 bridgehead atoms. The predicted molar refractivity (Wildman–Crippen MR) is 117 cm³/mol. The summed E-state index contributed by atoms with van der Waals surface area (Å²) in [5.74, 6) is -20.2. The molecule has 246 valence electrons. The molecule has 0 rings (SSSR count). The Morgan fingerprint density at radius 3 is 1.50 bits per heavy atom. The number of halogens is 11. The van der Waals surface area contributed by atoms with Gasteiger partial charge < -0.3 is 18.9 Å². The topological polar surface area (TPSA) is 105 Å². The van der Waals surface area contributed by atoms with E-state index in [0.717, 1.165) is 34.6 Å². The minimum absolute atomic E-state index is 0.747. The third-order valence-electron chi connectivity index (χ3n) is 5.51. The highest BCUT2D eigenvalue weighted by atomic mass is 19.4. The van der Waals surface area contributed by atoms with Crippen molar-refractivity contribution in [2.75, 3.05) is 19.8 Å². The van der Waals surface area contributed by atoms with Crippen molar-refractivity contribution >= 4 is 23.9 Å². The Labute approximate surface area is 232 Å². The molecule has 3 unspecified atom stereocenters. The number of carbonyl (C=O) groups excluding carboxylic acids is 4. The minimum atomic E-state index is -4.93. The molecule has 8 nitrogen and oxygen atoms in total. The van der Waals surface area contributed by atoms with Crippen LogP contribution in [0.5, 0.6) is 0 Å². The van der Waals surface area contributed by atoms with E-state index in [1.807, 2.05) is 0 Å². The Kier molecular flexibility index (Phi) is 13.5. The number of carbonyl (C=O) groups is 4. The van der Waals surface area contributed by atoms with Crippen LogP contribution in [0.2, 0.25) is 0 Å². The first-order valence-electron chi connectivity index (χ1n) is 11.7. The van der Waals surface area contributed by atoms with Crippen LogP contribution in [0.15, 0.2) is 0 Å². The highest BCUT2D eigenvalue weighted by Crippen LogP contribution is 2.39. The van der Waals surface area contributed by atoms with Crippen molar-refractivity contribution in [3.63, 3.8) is 0 Å². The summed E-state index contributed by atoms with van der Waals surface area (Å²) in [5.41, 5.74) is -4.11. The number of esters is 4. The van der Waals surface area contributed by atoms with E-state index in [9.17, 15) is 67.5 Å². The van der Waals surface area contributed by atoms with Crippen LogP contribution in [0.3, 0.4) is 0 Å². The van der Waals surface area contributed by atoms with Crippen molar-refractivity contribution in [3.05, 3.63) is 0 Å². The molecule has 0 aromatic carbocycles. The molecule has 42 heavy (non-hydrogen) atoms. The summed E-state index contributed by atoms with van der Waals surface area (Å²) in [5, 5.41) is 0. The van der Waals surface area contributed by atoms with Gasteiger partial charge in [-0.2, -0.15) is 30.7 Å². The fourth-order valence-electron chi connectivity index (χ4n) is 3.64. The van der Waals surface area contributed by atoms with E-state index in [-0.39, 0.29) is 0 Å². The molecular weight excluding hydrogens is 613 g/mol. The van der Waals surface area contributed by atoms with E-state index in [4.69, 9.17) is 4.74 Å². The van der Waals surface area contributed by atoms with Crippen LogP contribution >= 0.6 is 0 Å². The van der Waals surface area contributed by atoms with Gasteiger partial charge in [0.15, 0.2) is 19.8 Å². The first kappa shape index (κ1) is 39.1. The molecule has 0 N–H and O–H groups in total. The summed E-state index contributed by atoms with van der Waals surface area (Å²) in [7, 11) is 0. The zero-order chi connectivity index (χ0) is 33.5. The zero-order valence-electron chi connectivity index (χ0n) is 22.8. The average Bonchev–Trinajstić information content (AvgIpc) is 2.80. The van der Waals surface area contributed by atoms with Gasteiger partial charge in [-0.15, -0.1) is 0 Å². The van der Waals surface area contributed by atoms with Gasteiger partial charge in [0.2, 0.25) is 0 Å². The molecule has 0 spiro atoms. The van der Waals surface area contributed by atoms with Gasteiger partial charge in [-0.05, 0) is 20.8 Å². The van der Waals surface area contributed by atoms with E-state index in [1.54, 1.807) is 0 Å². The first-order valence-corrected chi connectivity index (χ1v) is 11.7. The van der Waals surface area contributed by atoms with Gasteiger partial charge in [-0.3, -0.25) is 19.2 Å². The fraction of sp³-hybridized carbons (Fsp3) is 0.826. The second-order valence-corrected chi connectivity index (χ2v) is 10.2. The second-order valence-electron chi connectivity index (χ2n) is 10.2. The van der Waals surface area contributed by atoms with E-state index >= 15 is 0 Å². The second kappa shape index (κ2) is 14.5. The number of rotatable bonds is 16. The Morgan fingerprint density at radius 2 is 1.12 bits per heavy atom. The minimum Gasteiger partial charge on any atom is -0.459 e. The van der Waals surface area contributed by atoms with Crippen molar-refractivity contribution in [2.45, 2.75) is 83.9 Å². The summed E-state index contributed by atoms with van der Waals surface area (Å²) in [6, 6.07) is 0. The van der Waals surface area contributed by atoms with Gasteiger partial charge in [0.1, 0.15) is 5.60 Å². The van der Waals surface area contributed by atoms with Crippen molar-refractivity contribution in [1.82, 2.24) is 0 Å². The number of ether oxygens (including phenoxy) is 4. The summed E-state index contributed by atoms with van der Waals surface area (Å²) in [6.07, 6.45) is -15.3. The molecule has 0 saturated carbocycles. The molecule has 0 aromatic rings. The summed E-state index contributed by atoms with van der Waals surface area (Å²) >= 11 is 0. The zero-order valence-corrected chi connectivity index (χ0v) is 22.8. The van der Waals surface area contributed by atoms with Crippen molar-refractivity contribution in [2.24, 2.45) is 17.3 Å². The third-order valence-corrected chi connectivity index (χ3v) is 5.51. The molecule has 0 aliphatic carbocycles. The van der Waals surface area contributed by atoms with E-state index < -0.39 is 110 Å². The number of hydrogen-bond donors (Lipinski definition) is 0. The molecule has 0 radical (unpaired) electrons. The van der Waals surface area contributed by atoms with Crippen LogP contribution in [-0.2, 0) is 38.1 Å². The summed E-state index contributed by atoms with van der Waals surface area (Å²) in [6.45, 7) is -1.89. The molecule has 0 heterocycles. The fourth-order valence-corrected chi connectivity index (χ4v) is 3.64. The molecule has 3 atom stereocenters. The van der Waals surface area contributed by atoms with Gasteiger partial charge in [0.05, 0.1) is 17.3 Å². The van der Waals surface area contributed by atoms with Crippen molar-refractivity contribution in [1.29, 1.82) is 0 Å². The molecule has 0 fully saturated rings. The van der Waals surface area contributed by atoms with Gasteiger partial charge in [0.25, 0.3) is 0 Å². The Bertz CT molecular complexity index is 953. The predicted octanol–water partition coefficient (Wildman–Crippen LogP) is 5.36. The Hall–Kier alpha value is -2.89. The lowest BCUT2D eigenvalue weighted by Crippen LogP contribution is -2.46. The normalized spacial score (nSPS) is 16.0. The van der Waals surface area contributed by atoms with Crippen LogP contribution in [-0.4, -0.2) is 80.2 Å². The van der Waals surface area contributed by atoms with E-state index in [0.29, 0.717) is 0 Å². The number of alkyl halides is 11. The van der Waals surface area contributed by atoms with Crippen LogP contribution in [0.1, 0.15) is 47.5 Å². The molecule has 0 aliphatic rings. The molecule has 0 saturated heterocycles. The number of hydrogen-bond acceptors (Lipinski definition) is 8. The lowest BCUT2D eigenvalue weighted by Gasteiger charge is -2.38. The largest absolute Gasteiger partial charge is 0.459 e. The third kappa shape index (κ3) is 13.0. The molecule has 19 heteroatoms. The van der Waals surface area contributed by atoms with Gasteiger partial charge in [-0.1, -0.05) is 6.92 Å². The van der Waals surface area contributed by atoms with Crippen LogP contribution in [0.4, 0.5) is 48.3 Å². The monoisotopic (exact) mass is 642 g/mol. The quantitative estimate of drug-likeness (QED) is 0.126. The van der Waals surface area contributed by atoms with Crippen molar-refractivity contribution < 1.29 is 86.4 Å². The van der Waals surface area contributed by atoms with Crippen LogP contribution < -0.4 is 0 Å². The van der Waals surface area contributed by atoms with Gasteiger partial charge in [-0.25, -0.2) is 17.6 Å². The summed E-state index contributed by atoms with van der Waals surface area (Å²) < 4.78 is 158. The van der Waals surface area contributed by atoms with Crippen molar-refractivity contribution in [3.8, 4) is 0 Å². The maximum atomic E-state index is 13.4. The Balaban J connectivity index is 6.33. The SMILES string of the molecule is CC(=O)OC(C)(CC(C(=O)OCC(F)(F)C(F)F)C(C)C(=O)OCC(F)(F)C(F)F)CC(C)(C)C(=O)OCC(F)(F)F. The molecule has 0 aliphatic heterocycles. The standard InChI is InChI=1S/C23H29F11O8/c1-11(14(36)39-8-21(28,29)16(24)25)13(15(37)40-9-22(30,31)17(26)27)6-20(5,42-12(2)35)7-19(3,4)18(38)41-10-23(32,33)34/h11,13,16-17H,6-10H2,1-5H3. The van der Waals surface area contributed by atoms with Crippen LogP contribution in [0.25, 0.3) is 0 Å².